The first-order chi connectivity index (χ1) is 10.2. The number of nitrogens with zero attached hydrogens (tertiary/aromatic N) is 1. The number of aryl methyl sites for hydroxylation is 2. The van der Waals surface area contributed by atoms with Gasteiger partial charge in [0.05, 0.1) is 16.6 Å². The van der Waals surface area contributed by atoms with Crippen molar-refractivity contribution in [2.75, 3.05) is 0 Å². The van der Waals surface area contributed by atoms with E-state index in [1.165, 1.54) is 11.8 Å². The number of carbonyl (C=O) groups excluding carboxylic acids is 1. The van der Waals surface area contributed by atoms with Crippen LogP contribution in [0.5, 0.6) is 0 Å². The van der Waals surface area contributed by atoms with Gasteiger partial charge in [-0.2, -0.15) is 0 Å². The van der Waals surface area contributed by atoms with Crippen LogP contribution >= 0.6 is 23.2 Å². The van der Waals surface area contributed by atoms with Gasteiger partial charge in [0, 0.05) is 11.1 Å². The summed E-state index contributed by atoms with van der Waals surface area (Å²) in [6, 6.07) is 8.11. The zero-order chi connectivity index (χ0) is 14.6. The van der Waals surface area contributed by atoms with Crippen LogP contribution in [-0.4, -0.2) is 10.2 Å². The Labute approximate surface area is 130 Å². The Bertz CT molecular complexity index is 899. The highest BCUT2D eigenvalue weighted by Crippen LogP contribution is 2.40. The number of rotatable bonds is 1. The molecule has 0 N–H and O–H groups in total. The average molecular weight is 318 g/mol. The highest BCUT2D eigenvalue weighted by atomic mass is 35.5. The summed E-state index contributed by atoms with van der Waals surface area (Å²) < 4.78 is 5.57. The van der Waals surface area contributed by atoms with Crippen molar-refractivity contribution in [3.63, 3.8) is 0 Å². The number of halogens is 2. The molecule has 0 spiro atoms. The van der Waals surface area contributed by atoms with Gasteiger partial charge in [-0.15, -0.1) is 0 Å². The Hall–Kier alpha value is -1.84. The smallest absolute Gasteiger partial charge is 0.256 e. The fourth-order valence-corrected chi connectivity index (χ4v) is 3.35. The Morgan fingerprint density at radius 2 is 2.05 bits per heavy atom. The molecule has 3 aromatic rings. The zero-order valence-corrected chi connectivity index (χ0v) is 12.3. The first-order valence-corrected chi connectivity index (χ1v) is 7.30. The lowest BCUT2D eigenvalue weighted by Crippen LogP contribution is -2.06. The second kappa shape index (κ2) is 4.58. The number of aromatic nitrogens is 1. The van der Waals surface area contributed by atoms with E-state index in [4.69, 9.17) is 27.6 Å². The maximum absolute atomic E-state index is 11.5. The van der Waals surface area contributed by atoms with Crippen molar-refractivity contribution in [3.05, 3.63) is 52.4 Å². The topological polar surface area (TPSA) is 43.1 Å². The van der Waals surface area contributed by atoms with Crippen LogP contribution in [-0.2, 0) is 12.8 Å². The minimum absolute atomic E-state index is 0.248. The van der Waals surface area contributed by atoms with Gasteiger partial charge in [-0.25, -0.2) is 4.98 Å². The number of pyridine rings is 1. The molecule has 1 aliphatic carbocycles. The van der Waals surface area contributed by atoms with Gasteiger partial charge in [-0.3, -0.25) is 4.79 Å². The largest absolute Gasteiger partial charge is 0.463 e. The Morgan fingerprint density at radius 3 is 2.86 bits per heavy atom. The van der Waals surface area contributed by atoms with Gasteiger partial charge in [0.2, 0.25) is 0 Å². The lowest BCUT2D eigenvalue weighted by atomic mass is 9.88. The SMILES string of the molecule is O=C(Cl)c1coc2c3c(nc(Cl)c12)-c1ccccc1CC3. The number of hydrogen-bond acceptors (Lipinski definition) is 3. The van der Waals surface area contributed by atoms with E-state index < -0.39 is 5.24 Å². The highest BCUT2D eigenvalue weighted by molar-refractivity contribution is 6.69. The molecule has 0 amide bonds. The second-order valence-electron chi connectivity index (χ2n) is 5.01. The van der Waals surface area contributed by atoms with Crippen molar-refractivity contribution in [2.45, 2.75) is 12.8 Å². The number of benzene rings is 1. The molecule has 1 aliphatic rings. The van der Waals surface area contributed by atoms with Crippen molar-refractivity contribution in [1.82, 2.24) is 4.98 Å². The zero-order valence-electron chi connectivity index (χ0n) is 10.8. The summed E-state index contributed by atoms with van der Waals surface area (Å²) in [5, 5.41) is 0.168. The molecule has 0 saturated heterocycles. The molecule has 0 fully saturated rings. The molecule has 0 bridgehead atoms. The molecule has 0 unspecified atom stereocenters. The number of furan rings is 1. The predicted molar refractivity (Wildman–Crippen MR) is 82.0 cm³/mol. The van der Waals surface area contributed by atoms with E-state index in [1.54, 1.807) is 0 Å². The van der Waals surface area contributed by atoms with E-state index in [9.17, 15) is 4.79 Å². The van der Waals surface area contributed by atoms with Crippen LogP contribution in [0.15, 0.2) is 34.9 Å². The third-order valence-corrected chi connectivity index (χ3v) is 4.37. The standard InChI is InChI=1S/C16H9Cl2NO2/c17-15-12-11(16(18)20)7-21-14(12)10-6-5-8-3-1-2-4-9(8)13(10)19-15/h1-4,7H,5-6H2. The number of fused-ring (bicyclic) bond motifs is 5. The molecule has 2 aromatic heterocycles. The molecule has 5 heteroatoms. The van der Waals surface area contributed by atoms with E-state index >= 15 is 0 Å². The van der Waals surface area contributed by atoms with Crippen molar-refractivity contribution >= 4 is 39.4 Å². The van der Waals surface area contributed by atoms with E-state index in [0.717, 1.165) is 29.7 Å². The molecule has 0 saturated carbocycles. The number of carbonyl (C=O) groups is 1. The molecule has 4 rings (SSSR count). The van der Waals surface area contributed by atoms with Crippen LogP contribution in [0.25, 0.3) is 22.2 Å². The van der Waals surface area contributed by atoms with Gasteiger partial charge >= 0.3 is 0 Å². The summed E-state index contributed by atoms with van der Waals surface area (Å²) in [4.78, 5) is 16.0. The highest BCUT2D eigenvalue weighted by Gasteiger charge is 2.25. The molecule has 21 heavy (non-hydrogen) atoms. The second-order valence-corrected chi connectivity index (χ2v) is 5.72. The summed E-state index contributed by atoms with van der Waals surface area (Å²) in [5.41, 5.74) is 5.01. The van der Waals surface area contributed by atoms with Crippen molar-refractivity contribution in [3.8, 4) is 11.3 Å². The summed E-state index contributed by atoms with van der Waals surface area (Å²) in [7, 11) is 0. The molecule has 0 atom stereocenters. The first-order valence-electron chi connectivity index (χ1n) is 6.54. The molecular weight excluding hydrogens is 309 g/mol. The fraction of sp³-hybridized carbons (Fsp3) is 0.125. The van der Waals surface area contributed by atoms with E-state index in [1.807, 2.05) is 18.2 Å². The third-order valence-electron chi connectivity index (χ3n) is 3.90. The van der Waals surface area contributed by atoms with Crippen LogP contribution in [0.1, 0.15) is 21.5 Å². The Morgan fingerprint density at radius 1 is 1.24 bits per heavy atom. The fourth-order valence-electron chi connectivity index (χ4n) is 2.94. The van der Waals surface area contributed by atoms with Crippen LogP contribution < -0.4 is 0 Å². The lowest BCUT2D eigenvalue weighted by molar-refractivity contribution is 0.108. The van der Waals surface area contributed by atoms with E-state index in [0.29, 0.717) is 11.0 Å². The minimum atomic E-state index is -0.589. The summed E-state index contributed by atoms with van der Waals surface area (Å²) in [6.45, 7) is 0. The van der Waals surface area contributed by atoms with Gasteiger partial charge in [0.25, 0.3) is 5.24 Å². The van der Waals surface area contributed by atoms with Gasteiger partial charge in [-0.05, 0) is 30.0 Å². The van der Waals surface area contributed by atoms with Gasteiger partial charge in [-0.1, -0.05) is 35.9 Å². The van der Waals surface area contributed by atoms with E-state index in [2.05, 4.69) is 11.1 Å². The summed E-state index contributed by atoms with van der Waals surface area (Å²) in [6.07, 6.45) is 3.07. The van der Waals surface area contributed by atoms with Crippen molar-refractivity contribution in [1.29, 1.82) is 0 Å². The Balaban J connectivity index is 2.09. The van der Waals surface area contributed by atoms with Crippen LogP contribution in [0.3, 0.4) is 0 Å². The Kier molecular flexibility index (Phi) is 2.81. The van der Waals surface area contributed by atoms with E-state index in [-0.39, 0.29) is 10.7 Å². The molecule has 104 valence electrons. The van der Waals surface area contributed by atoms with Crippen LogP contribution in [0.2, 0.25) is 5.15 Å². The van der Waals surface area contributed by atoms with Crippen molar-refractivity contribution < 1.29 is 9.21 Å². The average Bonchev–Trinajstić information content (AvgIpc) is 2.93. The quantitative estimate of drug-likeness (QED) is 0.485. The molecule has 0 radical (unpaired) electrons. The van der Waals surface area contributed by atoms with Crippen LogP contribution in [0, 0.1) is 0 Å². The molecule has 3 nitrogen and oxygen atoms in total. The molecule has 2 heterocycles. The minimum Gasteiger partial charge on any atom is -0.463 e. The first kappa shape index (κ1) is 12.9. The van der Waals surface area contributed by atoms with Crippen molar-refractivity contribution in [2.24, 2.45) is 0 Å². The van der Waals surface area contributed by atoms with Gasteiger partial charge < -0.3 is 4.42 Å². The summed E-state index contributed by atoms with van der Waals surface area (Å²) in [5.74, 6) is 0. The summed E-state index contributed by atoms with van der Waals surface area (Å²) >= 11 is 11.8. The molecule has 1 aromatic carbocycles. The molecule has 0 aliphatic heterocycles. The molecular formula is C16H9Cl2NO2. The lowest BCUT2D eigenvalue weighted by Gasteiger charge is -2.19. The maximum Gasteiger partial charge on any atom is 0.256 e. The van der Waals surface area contributed by atoms with Gasteiger partial charge in [0.15, 0.2) is 0 Å². The normalized spacial score (nSPS) is 13.0. The third kappa shape index (κ3) is 1.81. The maximum atomic E-state index is 11.5. The van der Waals surface area contributed by atoms with Crippen LogP contribution in [0.4, 0.5) is 0 Å². The number of hydrogen-bond donors (Lipinski definition) is 0. The predicted octanol–water partition coefficient (Wildman–Crippen LogP) is 4.63. The monoisotopic (exact) mass is 317 g/mol. The van der Waals surface area contributed by atoms with Gasteiger partial charge in [0.1, 0.15) is 17.0 Å².